The quantitative estimate of drug-likeness (QED) is 0.908. The molecule has 3 rings (SSSR count). The Labute approximate surface area is 113 Å². The van der Waals surface area contributed by atoms with Crippen LogP contribution < -0.4 is 10.2 Å². The molecule has 3 heterocycles. The van der Waals surface area contributed by atoms with Gasteiger partial charge in [-0.05, 0) is 38.8 Å². The van der Waals surface area contributed by atoms with E-state index < -0.39 is 0 Å². The standard InChI is InChI=1S/C14H21N5/c1-11(15-2)12-4-8-18(9-5-12)14-13-3-6-17-19(13)10-7-16-14/h3,6-7,10-12,15H,4-5,8-9H2,1-2H3. The third-order valence-corrected chi connectivity index (χ3v) is 4.31. The van der Waals surface area contributed by atoms with Crippen LogP contribution >= 0.6 is 0 Å². The first kappa shape index (κ1) is 12.4. The molecule has 1 unspecified atom stereocenters. The van der Waals surface area contributed by atoms with E-state index in [1.54, 1.807) is 0 Å². The Morgan fingerprint density at radius 2 is 2.11 bits per heavy atom. The van der Waals surface area contributed by atoms with Gasteiger partial charge in [0.25, 0.3) is 0 Å². The summed E-state index contributed by atoms with van der Waals surface area (Å²) in [4.78, 5) is 6.93. The third kappa shape index (κ3) is 2.30. The molecule has 2 aromatic heterocycles. The van der Waals surface area contributed by atoms with E-state index in [-0.39, 0.29) is 0 Å². The molecular formula is C14H21N5. The van der Waals surface area contributed by atoms with Crippen molar-refractivity contribution in [2.75, 3.05) is 25.0 Å². The zero-order chi connectivity index (χ0) is 13.2. The molecule has 0 saturated carbocycles. The van der Waals surface area contributed by atoms with Crippen LogP contribution in [-0.2, 0) is 0 Å². The van der Waals surface area contributed by atoms with Crippen molar-refractivity contribution >= 4 is 11.3 Å². The van der Waals surface area contributed by atoms with Crippen molar-refractivity contribution in [2.24, 2.45) is 5.92 Å². The van der Waals surface area contributed by atoms with Gasteiger partial charge in [-0.25, -0.2) is 9.50 Å². The molecule has 1 atom stereocenters. The lowest BCUT2D eigenvalue weighted by molar-refractivity contribution is 0.323. The second-order valence-corrected chi connectivity index (χ2v) is 5.31. The smallest absolute Gasteiger partial charge is 0.154 e. The molecule has 102 valence electrons. The molecule has 1 aliphatic rings. The van der Waals surface area contributed by atoms with Gasteiger partial charge in [0.15, 0.2) is 5.82 Å². The number of nitrogens with zero attached hydrogens (tertiary/aromatic N) is 4. The van der Waals surface area contributed by atoms with Crippen LogP contribution in [0.2, 0.25) is 0 Å². The van der Waals surface area contributed by atoms with Gasteiger partial charge in [-0.3, -0.25) is 0 Å². The highest BCUT2D eigenvalue weighted by atomic mass is 15.3. The van der Waals surface area contributed by atoms with Crippen molar-refractivity contribution in [1.29, 1.82) is 0 Å². The summed E-state index contributed by atoms with van der Waals surface area (Å²) in [6.45, 7) is 4.43. The van der Waals surface area contributed by atoms with Gasteiger partial charge >= 0.3 is 0 Å². The summed E-state index contributed by atoms with van der Waals surface area (Å²) in [5, 5.41) is 7.64. The van der Waals surface area contributed by atoms with Gasteiger partial charge in [-0.1, -0.05) is 0 Å². The van der Waals surface area contributed by atoms with Crippen LogP contribution in [0.1, 0.15) is 19.8 Å². The number of hydrogen-bond donors (Lipinski definition) is 1. The average molecular weight is 259 g/mol. The molecule has 19 heavy (non-hydrogen) atoms. The van der Waals surface area contributed by atoms with Gasteiger partial charge in [0, 0.05) is 31.5 Å². The molecule has 0 amide bonds. The highest BCUT2D eigenvalue weighted by Gasteiger charge is 2.24. The van der Waals surface area contributed by atoms with Gasteiger partial charge in [0.05, 0.1) is 6.20 Å². The number of fused-ring (bicyclic) bond motifs is 1. The maximum Gasteiger partial charge on any atom is 0.154 e. The van der Waals surface area contributed by atoms with Gasteiger partial charge in [-0.2, -0.15) is 5.10 Å². The van der Waals surface area contributed by atoms with E-state index in [4.69, 9.17) is 0 Å². The first-order valence-corrected chi connectivity index (χ1v) is 7.00. The van der Waals surface area contributed by atoms with Gasteiger partial charge in [-0.15, -0.1) is 0 Å². The number of nitrogens with one attached hydrogen (secondary N) is 1. The van der Waals surface area contributed by atoms with E-state index in [1.165, 1.54) is 12.8 Å². The minimum absolute atomic E-state index is 0.598. The van der Waals surface area contributed by atoms with Crippen LogP contribution in [-0.4, -0.2) is 40.8 Å². The molecule has 2 aromatic rings. The maximum absolute atomic E-state index is 4.54. The minimum Gasteiger partial charge on any atom is -0.355 e. The van der Waals surface area contributed by atoms with Crippen LogP contribution in [0.3, 0.4) is 0 Å². The molecular weight excluding hydrogens is 238 g/mol. The van der Waals surface area contributed by atoms with Crippen LogP contribution in [0.5, 0.6) is 0 Å². The lowest BCUT2D eigenvalue weighted by Gasteiger charge is -2.35. The molecule has 1 N–H and O–H groups in total. The maximum atomic E-state index is 4.54. The molecule has 0 aromatic carbocycles. The molecule has 1 aliphatic heterocycles. The fourth-order valence-corrected chi connectivity index (χ4v) is 2.93. The van der Waals surface area contributed by atoms with Crippen molar-refractivity contribution in [1.82, 2.24) is 19.9 Å². The monoisotopic (exact) mass is 259 g/mol. The van der Waals surface area contributed by atoms with Gasteiger partial charge < -0.3 is 10.2 Å². The Hall–Kier alpha value is -1.62. The first-order valence-electron chi connectivity index (χ1n) is 7.00. The summed E-state index contributed by atoms with van der Waals surface area (Å²) in [5.74, 6) is 1.83. The predicted octanol–water partition coefficient (Wildman–Crippen LogP) is 1.55. The third-order valence-electron chi connectivity index (χ3n) is 4.31. The summed E-state index contributed by atoms with van der Waals surface area (Å²) in [6.07, 6.45) is 8.00. The van der Waals surface area contributed by atoms with Crippen molar-refractivity contribution in [2.45, 2.75) is 25.8 Å². The first-order chi connectivity index (χ1) is 9.29. The molecule has 0 aliphatic carbocycles. The number of hydrogen-bond acceptors (Lipinski definition) is 4. The summed E-state index contributed by atoms with van der Waals surface area (Å²) in [5.41, 5.74) is 1.10. The lowest BCUT2D eigenvalue weighted by Crippen LogP contribution is -2.41. The molecule has 0 radical (unpaired) electrons. The second-order valence-electron chi connectivity index (χ2n) is 5.31. The van der Waals surface area contributed by atoms with Gasteiger partial charge in [0.2, 0.25) is 0 Å². The van der Waals surface area contributed by atoms with E-state index in [0.29, 0.717) is 6.04 Å². The number of piperidine rings is 1. The fourth-order valence-electron chi connectivity index (χ4n) is 2.93. The van der Waals surface area contributed by atoms with Crippen LogP contribution in [0, 0.1) is 5.92 Å². The SMILES string of the molecule is CNC(C)C1CCN(c2nccn3nccc23)CC1. The molecule has 1 fully saturated rings. The van der Waals surface area contributed by atoms with Crippen LogP contribution in [0.15, 0.2) is 24.7 Å². The Bertz CT molecular complexity index is 542. The summed E-state index contributed by atoms with van der Waals surface area (Å²) < 4.78 is 1.89. The normalized spacial score (nSPS) is 18.9. The van der Waals surface area contributed by atoms with Crippen molar-refractivity contribution in [3.63, 3.8) is 0 Å². The van der Waals surface area contributed by atoms with Gasteiger partial charge in [0.1, 0.15) is 5.52 Å². The number of anilines is 1. The zero-order valence-corrected chi connectivity index (χ0v) is 11.6. The molecule has 5 nitrogen and oxygen atoms in total. The second kappa shape index (κ2) is 5.17. The Balaban J connectivity index is 1.76. The molecule has 0 bridgehead atoms. The van der Waals surface area contributed by atoms with E-state index in [0.717, 1.165) is 30.3 Å². The van der Waals surface area contributed by atoms with E-state index in [2.05, 4.69) is 27.2 Å². The summed E-state index contributed by atoms with van der Waals surface area (Å²) in [7, 11) is 2.05. The Morgan fingerprint density at radius 1 is 1.32 bits per heavy atom. The van der Waals surface area contributed by atoms with Crippen molar-refractivity contribution in [3.05, 3.63) is 24.7 Å². The van der Waals surface area contributed by atoms with Crippen LogP contribution in [0.25, 0.3) is 5.52 Å². The molecule has 0 spiro atoms. The largest absolute Gasteiger partial charge is 0.355 e. The summed E-state index contributed by atoms with van der Waals surface area (Å²) >= 11 is 0. The topological polar surface area (TPSA) is 45.5 Å². The van der Waals surface area contributed by atoms with Crippen molar-refractivity contribution in [3.8, 4) is 0 Å². The van der Waals surface area contributed by atoms with E-state index in [9.17, 15) is 0 Å². The number of rotatable bonds is 3. The highest BCUT2D eigenvalue weighted by molar-refractivity contribution is 5.68. The fraction of sp³-hybridized carbons (Fsp3) is 0.571. The highest BCUT2D eigenvalue weighted by Crippen LogP contribution is 2.26. The Morgan fingerprint density at radius 3 is 2.84 bits per heavy atom. The molecule has 1 saturated heterocycles. The molecule has 5 heteroatoms. The van der Waals surface area contributed by atoms with Crippen LogP contribution in [0.4, 0.5) is 5.82 Å². The average Bonchev–Trinajstić information content (AvgIpc) is 2.95. The summed E-state index contributed by atoms with van der Waals surface area (Å²) in [6, 6.07) is 2.63. The zero-order valence-electron chi connectivity index (χ0n) is 11.6. The minimum atomic E-state index is 0.598. The Kier molecular flexibility index (Phi) is 3.38. The van der Waals surface area contributed by atoms with E-state index >= 15 is 0 Å². The van der Waals surface area contributed by atoms with E-state index in [1.807, 2.05) is 36.2 Å². The lowest BCUT2D eigenvalue weighted by atomic mass is 9.90. The number of aromatic nitrogens is 3. The van der Waals surface area contributed by atoms with Crippen molar-refractivity contribution < 1.29 is 0 Å². The predicted molar refractivity (Wildman–Crippen MR) is 76.4 cm³/mol.